The van der Waals surface area contributed by atoms with E-state index in [4.69, 9.17) is 11.6 Å². The molecule has 0 fully saturated rings. The van der Waals surface area contributed by atoms with Crippen LogP contribution in [0.1, 0.15) is 10.4 Å². The first-order chi connectivity index (χ1) is 10.1. The highest BCUT2D eigenvalue weighted by Gasteiger charge is 2.11. The molecule has 1 N–H and O–H groups in total. The van der Waals surface area contributed by atoms with Gasteiger partial charge in [0.05, 0.1) is 16.2 Å². The number of amides is 1. The summed E-state index contributed by atoms with van der Waals surface area (Å²) in [6, 6.07) is 9.40. The number of pyridine rings is 2. The molecule has 0 aliphatic heterocycles. The molecular formula is C15H9ClFN3O. The van der Waals surface area contributed by atoms with Crippen LogP contribution in [0.5, 0.6) is 0 Å². The van der Waals surface area contributed by atoms with Crippen molar-refractivity contribution in [2.24, 2.45) is 0 Å². The summed E-state index contributed by atoms with van der Waals surface area (Å²) in [6.45, 7) is 0. The number of nitrogens with zero attached hydrogens (tertiary/aromatic N) is 2. The molecule has 2 aromatic heterocycles. The Bertz CT molecular complexity index is 838. The fourth-order valence-corrected chi connectivity index (χ4v) is 2.20. The van der Waals surface area contributed by atoms with Crippen LogP contribution in [0.25, 0.3) is 10.9 Å². The summed E-state index contributed by atoms with van der Waals surface area (Å²) in [5.74, 6) is -1.13. The highest BCUT2D eigenvalue weighted by atomic mass is 35.5. The highest BCUT2D eigenvalue weighted by Crippen LogP contribution is 2.28. The third-order valence-corrected chi connectivity index (χ3v) is 3.26. The molecule has 0 unspecified atom stereocenters. The zero-order valence-corrected chi connectivity index (χ0v) is 11.4. The zero-order chi connectivity index (χ0) is 14.8. The molecule has 0 radical (unpaired) electrons. The second-order valence-electron chi connectivity index (χ2n) is 4.32. The quantitative estimate of drug-likeness (QED) is 0.735. The molecule has 0 atom stereocenters. The van der Waals surface area contributed by atoms with E-state index in [9.17, 15) is 9.18 Å². The van der Waals surface area contributed by atoms with Gasteiger partial charge in [0.25, 0.3) is 5.91 Å². The summed E-state index contributed by atoms with van der Waals surface area (Å²) < 4.78 is 13.1. The number of benzene rings is 1. The molecule has 4 nitrogen and oxygen atoms in total. The van der Waals surface area contributed by atoms with Crippen LogP contribution in [0.15, 0.2) is 48.8 Å². The Morgan fingerprint density at radius 2 is 2.00 bits per heavy atom. The normalized spacial score (nSPS) is 10.6. The predicted octanol–water partition coefficient (Wildman–Crippen LogP) is 3.67. The van der Waals surface area contributed by atoms with Crippen molar-refractivity contribution >= 4 is 34.1 Å². The molecule has 1 aromatic carbocycles. The number of anilines is 1. The number of carbonyl (C=O) groups excluding carboxylic acids is 1. The second-order valence-corrected chi connectivity index (χ2v) is 4.72. The minimum Gasteiger partial charge on any atom is -0.321 e. The van der Waals surface area contributed by atoms with Gasteiger partial charge in [-0.1, -0.05) is 11.6 Å². The summed E-state index contributed by atoms with van der Waals surface area (Å²) in [6.07, 6.45) is 2.86. The van der Waals surface area contributed by atoms with Crippen molar-refractivity contribution in [3.05, 3.63) is 65.3 Å². The summed E-state index contributed by atoms with van der Waals surface area (Å²) in [4.78, 5) is 19.7. The van der Waals surface area contributed by atoms with E-state index < -0.39 is 11.9 Å². The van der Waals surface area contributed by atoms with Gasteiger partial charge in [-0.05, 0) is 30.3 Å². The molecule has 104 valence electrons. The Balaban J connectivity index is 1.99. The van der Waals surface area contributed by atoms with Crippen LogP contribution in [-0.4, -0.2) is 15.9 Å². The van der Waals surface area contributed by atoms with Crippen LogP contribution >= 0.6 is 11.6 Å². The maximum absolute atomic E-state index is 13.1. The number of rotatable bonds is 2. The lowest BCUT2D eigenvalue weighted by molar-refractivity contribution is 0.102. The first kappa shape index (κ1) is 13.5. The van der Waals surface area contributed by atoms with Gasteiger partial charge in [-0.2, -0.15) is 4.39 Å². The first-order valence-electron chi connectivity index (χ1n) is 6.11. The molecule has 0 aliphatic rings. The molecule has 1 amide bonds. The predicted molar refractivity (Wildman–Crippen MR) is 78.9 cm³/mol. The van der Waals surface area contributed by atoms with Gasteiger partial charge in [0, 0.05) is 29.4 Å². The smallest absolute Gasteiger partial charge is 0.255 e. The number of hydrogen-bond donors (Lipinski definition) is 1. The maximum atomic E-state index is 13.1. The molecule has 3 aromatic rings. The maximum Gasteiger partial charge on any atom is 0.255 e. The Morgan fingerprint density at radius 3 is 2.81 bits per heavy atom. The minimum absolute atomic E-state index is 0.189. The zero-order valence-electron chi connectivity index (χ0n) is 10.7. The van der Waals surface area contributed by atoms with Gasteiger partial charge in [-0.15, -0.1) is 0 Å². The molecule has 0 saturated carbocycles. The van der Waals surface area contributed by atoms with Crippen molar-refractivity contribution in [3.63, 3.8) is 0 Å². The van der Waals surface area contributed by atoms with E-state index in [0.717, 1.165) is 6.07 Å². The molecule has 0 saturated heterocycles. The molecule has 2 heterocycles. The average molecular weight is 302 g/mol. The number of fused-ring (bicyclic) bond motifs is 1. The fraction of sp³-hybridized carbons (Fsp3) is 0. The van der Waals surface area contributed by atoms with E-state index in [1.807, 2.05) is 0 Å². The molecule has 0 aliphatic carbocycles. The van der Waals surface area contributed by atoms with Crippen LogP contribution in [0, 0.1) is 5.95 Å². The van der Waals surface area contributed by atoms with E-state index in [-0.39, 0.29) is 5.56 Å². The van der Waals surface area contributed by atoms with E-state index in [1.165, 1.54) is 12.3 Å². The van der Waals surface area contributed by atoms with Crippen LogP contribution in [0.3, 0.4) is 0 Å². The van der Waals surface area contributed by atoms with Gasteiger partial charge in [0.15, 0.2) is 0 Å². The van der Waals surface area contributed by atoms with Crippen molar-refractivity contribution < 1.29 is 9.18 Å². The topological polar surface area (TPSA) is 54.9 Å². The van der Waals surface area contributed by atoms with Crippen molar-refractivity contribution in [2.45, 2.75) is 0 Å². The van der Waals surface area contributed by atoms with Gasteiger partial charge in [-0.3, -0.25) is 9.78 Å². The Labute approximate surface area is 124 Å². The minimum atomic E-state index is -0.703. The van der Waals surface area contributed by atoms with Crippen molar-refractivity contribution in [2.75, 3.05) is 5.32 Å². The van der Waals surface area contributed by atoms with E-state index in [0.29, 0.717) is 21.6 Å². The number of aromatic nitrogens is 2. The Hall–Kier alpha value is -2.53. The third-order valence-electron chi connectivity index (χ3n) is 2.96. The number of nitrogens with one attached hydrogen (secondary N) is 1. The second kappa shape index (κ2) is 5.46. The fourth-order valence-electron chi connectivity index (χ4n) is 1.99. The lowest BCUT2D eigenvalue weighted by Crippen LogP contribution is -2.12. The summed E-state index contributed by atoms with van der Waals surface area (Å²) >= 11 is 6.07. The number of carbonyl (C=O) groups is 1. The highest BCUT2D eigenvalue weighted by molar-refractivity contribution is 6.35. The first-order valence-corrected chi connectivity index (χ1v) is 6.49. The van der Waals surface area contributed by atoms with E-state index >= 15 is 0 Å². The van der Waals surface area contributed by atoms with Crippen molar-refractivity contribution in [3.8, 4) is 0 Å². The molecule has 0 spiro atoms. The summed E-state index contributed by atoms with van der Waals surface area (Å²) in [7, 11) is 0. The molecule has 6 heteroatoms. The number of hydrogen-bond acceptors (Lipinski definition) is 3. The van der Waals surface area contributed by atoms with Crippen LogP contribution in [-0.2, 0) is 0 Å². The van der Waals surface area contributed by atoms with Crippen LogP contribution in [0.2, 0.25) is 5.02 Å². The number of halogens is 2. The molecular weight excluding hydrogens is 293 g/mol. The third kappa shape index (κ3) is 2.68. The van der Waals surface area contributed by atoms with Crippen LogP contribution < -0.4 is 5.32 Å². The van der Waals surface area contributed by atoms with E-state index in [2.05, 4.69) is 15.3 Å². The van der Waals surface area contributed by atoms with Crippen LogP contribution in [0.4, 0.5) is 10.1 Å². The van der Waals surface area contributed by atoms with Gasteiger partial charge in [0.2, 0.25) is 5.95 Å². The monoisotopic (exact) mass is 301 g/mol. The standard InChI is InChI=1S/C15H9ClFN3O/c16-11-3-4-12(10-2-1-6-19-14(10)11)20-15(21)9-5-7-18-13(17)8-9/h1-8H,(H,20,21). The summed E-state index contributed by atoms with van der Waals surface area (Å²) in [5, 5.41) is 3.94. The Morgan fingerprint density at radius 1 is 1.14 bits per heavy atom. The SMILES string of the molecule is O=C(Nc1ccc(Cl)c2ncccc12)c1ccnc(F)c1. The van der Waals surface area contributed by atoms with E-state index in [1.54, 1.807) is 30.5 Å². The lowest BCUT2D eigenvalue weighted by atomic mass is 10.1. The molecule has 3 rings (SSSR count). The lowest BCUT2D eigenvalue weighted by Gasteiger charge is -2.09. The van der Waals surface area contributed by atoms with Gasteiger partial charge < -0.3 is 5.32 Å². The van der Waals surface area contributed by atoms with Gasteiger partial charge >= 0.3 is 0 Å². The largest absolute Gasteiger partial charge is 0.321 e. The van der Waals surface area contributed by atoms with Gasteiger partial charge in [0.1, 0.15) is 0 Å². The van der Waals surface area contributed by atoms with Gasteiger partial charge in [-0.25, -0.2) is 4.98 Å². The van der Waals surface area contributed by atoms with Crippen molar-refractivity contribution in [1.29, 1.82) is 0 Å². The molecule has 21 heavy (non-hydrogen) atoms. The van der Waals surface area contributed by atoms with Crippen molar-refractivity contribution in [1.82, 2.24) is 9.97 Å². The Kier molecular flexibility index (Phi) is 3.50. The molecule has 0 bridgehead atoms. The summed E-state index contributed by atoms with van der Waals surface area (Å²) in [5.41, 5.74) is 1.34. The average Bonchev–Trinajstić information content (AvgIpc) is 2.50.